The zero-order chi connectivity index (χ0) is 21.1. The lowest BCUT2D eigenvalue weighted by atomic mass is 10.0. The maximum atomic E-state index is 12.6. The van der Waals surface area contributed by atoms with Crippen LogP contribution < -0.4 is 14.8 Å². The zero-order valence-electron chi connectivity index (χ0n) is 16.5. The topological polar surface area (TPSA) is 100 Å². The molecule has 2 aliphatic heterocycles. The van der Waals surface area contributed by atoms with Gasteiger partial charge in [-0.05, 0) is 18.2 Å². The second-order valence-corrected chi connectivity index (χ2v) is 7.33. The summed E-state index contributed by atoms with van der Waals surface area (Å²) in [4.78, 5) is 43.1. The smallest absolute Gasteiger partial charge is 0.445 e. The van der Waals surface area contributed by atoms with Gasteiger partial charge in [0.2, 0.25) is 5.91 Å². The number of dihydropyridines is 1. The number of hydrogen-bond donors (Lipinski definition) is 1. The lowest BCUT2D eigenvalue weighted by molar-refractivity contribution is -0.407. The number of hydrogen-bond acceptors (Lipinski definition) is 7. The van der Waals surface area contributed by atoms with E-state index in [0.29, 0.717) is 27.9 Å². The summed E-state index contributed by atoms with van der Waals surface area (Å²) in [6.07, 6.45) is 3.22. The number of ether oxygens (including phenoxy) is 2. The van der Waals surface area contributed by atoms with Gasteiger partial charge in [0.05, 0.1) is 39.8 Å². The van der Waals surface area contributed by atoms with Crippen LogP contribution in [0.25, 0.3) is 0 Å². The molecule has 2 aliphatic rings. The predicted octanol–water partition coefficient (Wildman–Crippen LogP) is 1.59. The Labute approximate surface area is 172 Å². The van der Waals surface area contributed by atoms with Crippen LogP contribution in [-0.4, -0.2) is 73.4 Å². The molecule has 3 rings (SSSR count). The summed E-state index contributed by atoms with van der Waals surface area (Å²) in [6, 6.07) is 4.65. The molecule has 2 heterocycles. The number of amides is 4. The molecule has 4 amide bonds. The number of nitrogens with one attached hydrogen (secondary N) is 1. The number of allylic oxidation sites excluding steroid dienone is 1. The van der Waals surface area contributed by atoms with Crippen LogP contribution in [0.2, 0.25) is 0 Å². The summed E-state index contributed by atoms with van der Waals surface area (Å²) >= 11 is 1.23. The first-order chi connectivity index (χ1) is 13.9. The van der Waals surface area contributed by atoms with Gasteiger partial charge >= 0.3 is 11.9 Å². The Kier molecular flexibility index (Phi) is 6.02. The maximum absolute atomic E-state index is 12.6. The van der Waals surface area contributed by atoms with Crippen LogP contribution >= 0.6 is 11.8 Å². The molecule has 1 atom stereocenters. The summed E-state index contributed by atoms with van der Waals surface area (Å²) in [6.45, 7) is 0. The van der Waals surface area contributed by atoms with Crippen LogP contribution in [0.3, 0.4) is 0 Å². The number of aliphatic imine (C=N–C) groups is 1. The first-order valence-corrected chi connectivity index (χ1v) is 9.67. The van der Waals surface area contributed by atoms with E-state index in [1.54, 1.807) is 38.4 Å². The van der Waals surface area contributed by atoms with E-state index in [1.807, 2.05) is 0 Å². The van der Waals surface area contributed by atoms with Gasteiger partial charge in [0, 0.05) is 11.0 Å². The fraction of sp³-hybridized carbons (Fsp3) is 0.316. The number of rotatable bonds is 6. The number of urea groups is 1. The first-order valence-electron chi connectivity index (χ1n) is 8.68. The van der Waals surface area contributed by atoms with Gasteiger partial charge in [-0.15, -0.1) is 16.8 Å². The number of carbonyl (C=O) groups is 3. The monoisotopic (exact) mass is 417 g/mol. The van der Waals surface area contributed by atoms with Crippen LogP contribution in [0.15, 0.2) is 34.2 Å². The quantitative estimate of drug-likeness (QED) is 0.706. The molecule has 1 aromatic carbocycles. The Morgan fingerprint density at radius 3 is 2.76 bits per heavy atom. The maximum Gasteiger partial charge on any atom is 0.445 e. The summed E-state index contributed by atoms with van der Waals surface area (Å²) in [5.41, 5.74) is 0.518. The van der Waals surface area contributed by atoms with Crippen molar-refractivity contribution in [3.05, 3.63) is 29.2 Å². The number of benzene rings is 1. The van der Waals surface area contributed by atoms with Crippen molar-refractivity contribution in [3.8, 4) is 11.5 Å². The Bertz CT molecular complexity index is 969. The van der Waals surface area contributed by atoms with Crippen molar-refractivity contribution >= 4 is 47.3 Å². The van der Waals surface area contributed by atoms with Crippen molar-refractivity contribution in [1.29, 1.82) is 0 Å². The van der Waals surface area contributed by atoms with Crippen molar-refractivity contribution < 1.29 is 28.4 Å². The van der Waals surface area contributed by atoms with E-state index < -0.39 is 11.9 Å². The van der Waals surface area contributed by atoms with Crippen molar-refractivity contribution in [2.24, 2.45) is 10.9 Å². The number of methoxy groups -OCH3 is 2. The molecular formula is C19H21N4O5S+. The van der Waals surface area contributed by atoms with Crippen LogP contribution in [0.1, 0.15) is 0 Å². The number of nitrogens with zero attached hydrogens (tertiary/aromatic N) is 3. The molecule has 0 aliphatic carbocycles. The number of anilines is 1. The van der Waals surface area contributed by atoms with Gasteiger partial charge in [0.25, 0.3) is 5.84 Å². The summed E-state index contributed by atoms with van der Waals surface area (Å²) in [5, 5.41) is 2.79. The molecule has 0 bridgehead atoms. The number of fused-ring (bicyclic) bond motifs is 1. The van der Waals surface area contributed by atoms with E-state index in [0.717, 1.165) is 4.90 Å². The minimum atomic E-state index is -0.693. The molecule has 10 heteroatoms. The van der Waals surface area contributed by atoms with E-state index in [2.05, 4.69) is 10.3 Å². The Morgan fingerprint density at radius 2 is 2.07 bits per heavy atom. The highest BCUT2D eigenvalue weighted by atomic mass is 32.2. The van der Waals surface area contributed by atoms with E-state index in [4.69, 9.17) is 9.47 Å². The fourth-order valence-corrected chi connectivity index (χ4v) is 3.88. The van der Waals surface area contributed by atoms with Crippen LogP contribution in [0, 0.1) is 5.92 Å². The number of carbonyl (C=O) groups excluding carboxylic acids is 3. The van der Waals surface area contributed by atoms with Gasteiger partial charge in [0.15, 0.2) is 5.92 Å². The van der Waals surface area contributed by atoms with E-state index in [-0.39, 0.29) is 17.6 Å². The van der Waals surface area contributed by atoms with Gasteiger partial charge in [0.1, 0.15) is 17.7 Å². The summed E-state index contributed by atoms with van der Waals surface area (Å²) in [5.74, 6) is 0.212. The molecule has 29 heavy (non-hydrogen) atoms. The molecular weight excluding hydrogens is 396 g/mol. The molecule has 0 aromatic heterocycles. The largest absolute Gasteiger partial charge is 0.497 e. The lowest BCUT2D eigenvalue weighted by Crippen LogP contribution is -2.52. The molecule has 152 valence electrons. The summed E-state index contributed by atoms with van der Waals surface area (Å²) in [7, 11) is 6.05. The molecule has 0 radical (unpaired) electrons. The molecule has 0 saturated carbocycles. The molecule has 0 saturated heterocycles. The summed E-state index contributed by atoms with van der Waals surface area (Å²) < 4.78 is 11.8. The third-order valence-electron chi connectivity index (χ3n) is 4.54. The van der Waals surface area contributed by atoms with Crippen molar-refractivity contribution in [1.82, 2.24) is 4.90 Å². The average Bonchev–Trinajstić information content (AvgIpc) is 2.74. The standard InChI is InChI=1S/C19H20N4O5S/c1-22-17-16(18(25)23(2)19(22)26)14(7-8-20-17)29-10-15(24)21-12-6-5-11(27-3)9-13(12)28-4/h5-9,16H,10H2,1-4H3/p+1. The van der Waals surface area contributed by atoms with Gasteiger partial charge < -0.3 is 14.8 Å². The molecule has 1 N–H and O–H groups in total. The molecule has 0 spiro atoms. The highest BCUT2D eigenvalue weighted by Gasteiger charge is 2.47. The average molecular weight is 417 g/mol. The van der Waals surface area contributed by atoms with Crippen molar-refractivity contribution in [3.63, 3.8) is 0 Å². The van der Waals surface area contributed by atoms with Gasteiger partial charge in [-0.3, -0.25) is 9.59 Å². The second-order valence-electron chi connectivity index (χ2n) is 6.28. The second kappa shape index (κ2) is 8.48. The van der Waals surface area contributed by atoms with Crippen molar-refractivity contribution in [2.75, 3.05) is 39.4 Å². The highest BCUT2D eigenvalue weighted by Crippen LogP contribution is 2.32. The third kappa shape index (κ3) is 4.02. The van der Waals surface area contributed by atoms with E-state index in [9.17, 15) is 14.4 Å². The van der Waals surface area contributed by atoms with Crippen LogP contribution in [0.4, 0.5) is 10.5 Å². The SMILES string of the molecule is COc1ccc(NC(=O)CSC2=CC=NC3=[N+](C)C(=O)N(C)C(=O)C23)c(OC)c1. The molecule has 1 unspecified atom stereocenters. The third-order valence-corrected chi connectivity index (χ3v) is 5.65. The van der Waals surface area contributed by atoms with Gasteiger partial charge in [-0.25, -0.2) is 4.79 Å². The Morgan fingerprint density at radius 1 is 1.31 bits per heavy atom. The van der Waals surface area contributed by atoms with Crippen molar-refractivity contribution in [2.45, 2.75) is 0 Å². The predicted molar refractivity (Wildman–Crippen MR) is 110 cm³/mol. The minimum Gasteiger partial charge on any atom is -0.497 e. The van der Waals surface area contributed by atoms with Crippen LogP contribution in [-0.2, 0) is 9.59 Å². The molecule has 1 aromatic rings. The van der Waals surface area contributed by atoms with Gasteiger partial charge in [-0.1, -0.05) is 0 Å². The number of thioether (sulfide) groups is 1. The fourth-order valence-electron chi connectivity index (χ4n) is 2.98. The Hall–Kier alpha value is -3.14. The van der Waals surface area contributed by atoms with E-state index in [1.165, 1.54) is 36.7 Å². The lowest BCUT2D eigenvalue weighted by Gasteiger charge is -2.26. The van der Waals surface area contributed by atoms with Gasteiger partial charge in [-0.2, -0.15) is 9.48 Å². The highest BCUT2D eigenvalue weighted by molar-refractivity contribution is 8.03. The number of amidine groups is 1. The normalized spacial score (nSPS) is 18.4. The first kappa shape index (κ1) is 20.6. The molecule has 9 nitrogen and oxygen atoms in total. The number of imide groups is 1. The zero-order valence-corrected chi connectivity index (χ0v) is 17.3. The molecule has 0 fully saturated rings. The van der Waals surface area contributed by atoms with E-state index >= 15 is 0 Å². The Balaban J connectivity index is 1.71. The minimum absolute atomic E-state index is 0.0767. The van der Waals surface area contributed by atoms with Crippen LogP contribution in [0.5, 0.6) is 11.5 Å².